The van der Waals surface area contributed by atoms with Gasteiger partial charge in [0.15, 0.2) is 0 Å². The summed E-state index contributed by atoms with van der Waals surface area (Å²) >= 11 is 0. The predicted molar refractivity (Wildman–Crippen MR) is 137 cm³/mol. The van der Waals surface area contributed by atoms with Crippen LogP contribution < -0.4 is 5.73 Å². The third-order valence-corrected chi connectivity index (χ3v) is 12.1. The van der Waals surface area contributed by atoms with Crippen molar-refractivity contribution >= 4 is 5.97 Å². The van der Waals surface area contributed by atoms with Crippen molar-refractivity contribution in [3.63, 3.8) is 0 Å². The normalized spacial score (nSPS) is 45.5. The third-order valence-electron chi connectivity index (χ3n) is 12.1. The van der Waals surface area contributed by atoms with Gasteiger partial charge >= 0.3 is 5.97 Å². The molecule has 0 aliphatic heterocycles. The monoisotopic (exact) mass is 455 g/mol. The van der Waals surface area contributed by atoms with E-state index in [0.717, 1.165) is 31.1 Å². The van der Waals surface area contributed by atoms with Gasteiger partial charge in [-0.25, -0.2) is 4.79 Å². The fraction of sp³-hybridized carbons (Fsp3) is 0.833. The molecule has 0 aromatic rings. The van der Waals surface area contributed by atoms with Crippen molar-refractivity contribution < 1.29 is 9.90 Å². The zero-order valence-electron chi connectivity index (χ0n) is 22.3. The highest BCUT2D eigenvalue weighted by atomic mass is 16.4. The number of fused-ring (bicyclic) bond motifs is 5. The smallest absolute Gasteiger partial charge is 0.330 e. The maximum atomic E-state index is 11.1. The first-order valence-electron chi connectivity index (χ1n) is 13.7. The number of carboxylic acid groups (broad SMARTS) is 1. The molecule has 0 aromatic carbocycles. The summed E-state index contributed by atoms with van der Waals surface area (Å²) in [6.45, 7) is 16.7. The molecule has 4 unspecified atom stereocenters. The molecule has 0 saturated heterocycles. The quantitative estimate of drug-likeness (QED) is 0.336. The van der Waals surface area contributed by atoms with Crippen molar-refractivity contribution in [1.29, 1.82) is 0 Å². The highest BCUT2D eigenvalue weighted by Crippen LogP contribution is 2.70. The molecular formula is C30H49NO2. The summed E-state index contributed by atoms with van der Waals surface area (Å²) in [4.78, 5) is 11.1. The van der Waals surface area contributed by atoms with E-state index in [2.05, 4.69) is 47.6 Å². The van der Waals surface area contributed by atoms with E-state index in [1.165, 1.54) is 38.5 Å². The third kappa shape index (κ3) is 3.58. The molecule has 3 N–H and O–H groups in total. The minimum absolute atomic E-state index is 0.114. The molecule has 4 aliphatic carbocycles. The molecule has 3 heteroatoms. The van der Waals surface area contributed by atoms with E-state index in [1.807, 2.05) is 6.08 Å². The van der Waals surface area contributed by atoms with Crippen LogP contribution in [0.4, 0.5) is 0 Å². The molecule has 8 atom stereocenters. The highest BCUT2D eigenvalue weighted by Gasteiger charge is 2.65. The van der Waals surface area contributed by atoms with Gasteiger partial charge in [-0.1, -0.05) is 59.3 Å². The second-order valence-electron chi connectivity index (χ2n) is 13.6. The molecule has 3 saturated carbocycles. The van der Waals surface area contributed by atoms with Gasteiger partial charge in [0.05, 0.1) is 0 Å². The molecule has 33 heavy (non-hydrogen) atoms. The van der Waals surface area contributed by atoms with Crippen LogP contribution >= 0.6 is 0 Å². The lowest BCUT2D eigenvalue weighted by Gasteiger charge is -2.64. The molecule has 4 aliphatic rings. The first kappa shape index (κ1) is 25.0. The molecule has 0 heterocycles. The van der Waals surface area contributed by atoms with Crippen molar-refractivity contribution in [3.05, 3.63) is 23.3 Å². The van der Waals surface area contributed by atoms with Crippen LogP contribution in [0.3, 0.4) is 0 Å². The van der Waals surface area contributed by atoms with E-state index in [0.29, 0.717) is 34.2 Å². The molecule has 186 valence electrons. The largest absolute Gasteiger partial charge is 0.478 e. The van der Waals surface area contributed by atoms with Gasteiger partial charge in [-0.3, -0.25) is 0 Å². The van der Waals surface area contributed by atoms with Gasteiger partial charge in [0.1, 0.15) is 0 Å². The van der Waals surface area contributed by atoms with Crippen molar-refractivity contribution in [3.8, 4) is 0 Å². The van der Waals surface area contributed by atoms with Crippen molar-refractivity contribution in [2.75, 3.05) is 0 Å². The average Bonchev–Trinajstić information content (AvgIpc) is 3.02. The molecule has 0 spiro atoms. The van der Waals surface area contributed by atoms with Crippen LogP contribution in [0, 0.1) is 45.8 Å². The molecule has 0 amide bonds. The minimum Gasteiger partial charge on any atom is -0.478 e. The molecule has 3 nitrogen and oxygen atoms in total. The Bertz CT molecular complexity index is 855. The zero-order chi connectivity index (χ0) is 24.4. The summed E-state index contributed by atoms with van der Waals surface area (Å²) in [6, 6.07) is 0. The van der Waals surface area contributed by atoms with E-state index in [1.54, 1.807) is 12.5 Å². The van der Waals surface area contributed by atoms with E-state index >= 15 is 0 Å². The molecular weight excluding hydrogens is 406 g/mol. The molecule has 0 aromatic heterocycles. The van der Waals surface area contributed by atoms with Crippen LogP contribution in [-0.2, 0) is 4.79 Å². The van der Waals surface area contributed by atoms with Gasteiger partial charge in [-0.05, 0) is 105 Å². The Balaban J connectivity index is 1.58. The molecule has 0 bridgehead atoms. The number of carbonyl (C=O) groups is 1. The van der Waals surface area contributed by atoms with Gasteiger partial charge in [0.2, 0.25) is 0 Å². The Kier molecular flexibility index (Phi) is 6.25. The topological polar surface area (TPSA) is 63.3 Å². The van der Waals surface area contributed by atoms with Crippen molar-refractivity contribution in [2.45, 2.75) is 112 Å². The Labute approximate surface area is 202 Å². The Morgan fingerprint density at radius 3 is 2.55 bits per heavy atom. The first-order valence-corrected chi connectivity index (χ1v) is 13.7. The molecule has 4 rings (SSSR count). The lowest BCUT2D eigenvalue weighted by Crippen LogP contribution is -2.63. The van der Waals surface area contributed by atoms with Crippen LogP contribution in [0.5, 0.6) is 0 Å². The summed E-state index contributed by atoms with van der Waals surface area (Å²) in [5.74, 6) is 2.51. The number of rotatable bonds is 5. The molecule has 0 radical (unpaired) electrons. The van der Waals surface area contributed by atoms with Gasteiger partial charge in [-0.2, -0.15) is 0 Å². The van der Waals surface area contributed by atoms with Crippen LogP contribution in [0.2, 0.25) is 0 Å². The van der Waals surface area contributed by atoms with Crippen LogP contribution in [0.25, 0.3) is 0 Å². The second-order valence-corrected chi connectivity index (χ2v) is 13.6. The minimum atomic E-state index is -0.805. The van der Waals surface area contributed by atoms with Gasteiger partial charge in [-0.15, -0.1) is 0 Å². The van der Waals surface area contributed by atoms with Gasteiger partial charge in [0.25, 0.3) is 0 Å². The predicted octanol–water partition coefficient (Wildman–Crippen LogP) is 7.37. The van der Waals surface area contributed by atoms with E-state index in [-0.39, 0.29) is 11.0 Å². The standard InChI is InChI=1S/C30H49NO2/c1-19(9-8-10-20(2)26(32)33)22-14-17-29(7)24-11-12-25-27(4,5)21(3)13-16-28(25,6)23(24)15-18-30(22,29)31/h10-11,19,21-23,25H,8-9,12-18,31H2,1-7H3,(H,32,33)/b20-10-/t19?,21-,22-,23?,25?,28+,29?,30+/m0/s1. The van der Waals surface area contributed by atoms with Gasteiger partial charge < -0.3 is 10.8 Å². The number of nitrogens with two attached hydrogens (primary N) is 1. The summed E-state index contributed by atoms with van der Waals surface area (Å²) in [5.41, 5.74) is 10.4. The number of hydrogen-bond donors (Lipinski definition) is 2. The molecule has 3 fully saturated rings. The second kappa shape index (κ2) is 8.25. The first-order chi connectivity index (χ1) is 15.3. The number of hydrogen-bond acceptors (Lipinski definition) is 2. The summed E-state index contributed by atoms with van der Waals surface area (Å²) < 4.78 is 0. The van der Waals surface area contributed by atoms with E-state index in [9.17, 15) is 4.79 Å². The van der Waals surface area contributed by atoms with E-state index in [4.69, 9.17) is 10.8 Å². The van der Waals surface area contributed by atoms with Crippen molar-refractivity contribution in [1.82, 2.24) is 0 Å². The Morgan fingerprint density at radius 1 is 1.18 bits per heavy atom. The van der Waals surface area contributed by atoms with Crippen LogP contribution in [0.15, 0.2) is 23.3 Å². The summed E-state index contributed by atoms with van der Waals surface area (Å²) in [6.07, 6.45) is 15.2. The number of aliphatic carboxylic acids is 1. The lowest BCUT2D eigenvalue weighted by molar-refractivity contribution is -0.132. The Hall–Kier alpha value is -1.09. The summed E-state index contributed by atoms with van der Waals surface area (Å²) in [5, 5.41) is 9.15. The fourth-order valence-corrected chi connectivity index (χ4v) is 9.34. The van der Waals surface area contributed by atoms with E-state index < -0.39 is 5.97 Å². The maximum absolute atomic E-state index is 11.1. The van der Waals surface area contributed by atoms with Crippen molar-refractivity contribution in [2.24, 2.45) is 51.6 Å². The maximum Gasteiger partial charge on any atom is 0.330 e. The highest BCUT2D eigenvalue weighted by molar-refractivity contribution is 5.85. The fourth-order valence-electron chi connectivity index (χ4n) is 9.34. The number of allylic oxidation sites excluding steroid dienone is 2. The number of carboxylic acids is 1. The average molecular weight is 456 g/mol. The van der Waals surface area contributed by atoms with Crippen LogP contribution in [0.1, 0.15) is 106 Å². The zero-order valence-corrected chi connectivity index (χ0v) is 22.3. The van der Waals surface area contributed by atoms with Crippen LogP contribution in [-0.4, -0.2) is 16.6 Å². The Morgan fingerprint density at radius 2 is 1.88 bits per heavy atom. The summed E-state index contributed by atoms with van der Waals surface area (Å²) in [7, 11) is 0. The van der Waals surface area contributed by atoms with Gasteiger partial charge in [0, 0.05) is 16.5 Å². The SMILES string of the molecule is C/C(=C/CCC(C)[C@@H]1CCC2(C)C3=CCC4C(C)(C)[C@@H](C)CC[C@]4(C)C3CC[C@@]12N)C(=O)O. The lowest BCUT2D eigenvalue weighted by atomic mass is 9.41.